The van der Waals surface area contributed by atoms with Crippen LogP contribution in [0.5, 0.6) is 0 Å². The number of ether oxygens (including phenoxy) is 1. The topological polar surface area (TPSA) is 21.3 Å². The molecule has 0 aliphatic carbocycles. The van der Waals surface area contributed by atoms with Gasteiger partial charge in [-0.25, -0.2) is 0 Å². The molecule has 1 unspecified atom stereocenters. The van der Waals surface area contributed by atoms with E-state index in [-0.39, 0.29) is 24.1 Å². The average Bonchev–Trinajstić information content (AvgIpc) is 2.35. The lowest BCUT2D eigenvalue weighted by Crippen LogP contribution is -2.43. The van der Waals surface area contributed by atoms with Gasteiger partial charge in [0.1, 0.15) is 0 Å². The molecule has 2 nitrogen and oxygen atoms in total. The highest BCUT2D eigenvalue weighted by Crippen LogP contribution is 2.26. The lowest BCUT2D eigenvalue weighted by atomic mass is 10.0. The normalized spacial score (nSPS) is 13.9. The predicted octanol–water partition coefficient (Wildman–Crippen LogP) is 3.04. The molecule has 0 saturated heterocycles. The number of halogens is 2. The summed E-state index contributed by atoms with van der Waals surface area (Å²) >= 11 is 0. The Labute approximate surface area is 107 Å². The summed E-state index contributed by atoms with van der Waals surface area (Å²) in [5.41, 5.74) is 0.0393. The second kappa shape index (κ2) is 6.81. The number of methoxy groups -OCH3 is 1. The molecule has 0 amide bonds. The van der Waals surface area contributed by atoms with Gasteiger partial charge in [0.25, 0.3) is 5.92 Å². The Morgan fingerprint density at radius 2 is 1.83 bits per heavy atom. The maximum atomic E-state index is 13.9. The fourth-order valence-electron chi connectivity index (χ4n) is 1.71. The Kier molecular flexibility index (Phi) is 5.69. The minimum absolute atomic E-state index is 0.0393. The van der Waals surface area contributed by atoms with E-state index in [1.54, 1.807) is 25.3 Å². The maximum Gasteiger partial charge on any atom is 0.285 e. The molecule has 0 spiro atoms. The third kappa shape index (κ3) is 4.35. The fraction of sp³-hybridized carbons (Fsp3) is 0.571. The summed E-state index contributed by atoms with van der Waals surface area (Å²) in [4.78, 5) is 0. The monoisotopic (exact) mass is 257 g/mol. The molecule has 1 atom stereocenters. The van der Waals surface area contributed by atoms with Crippen molar-refractivity contribution >= 4 is 0 Å². The molecule has 0 saturated carbocycles. The van der Waals surface area contributed by atoms with E-state index < -0.39 is 5.92 Å². The number of hydrogen-bond donors (Lipinski definition) is 1. The molecule has 102 valence electrons. The van der Waals surface area contributed by atoms with Gasteiger partial charge in [0, 0.05) is 18.7 Å². The van der Waals surface area contributed by atoms with Crippen LogP contribution in [0.25, 0.3) is 0 Å². The van der Waals surface area contributed by atoms with Gasteiger partial charge in [0.15, 0.2) is 0 Å². The molecule has 1 rings (SSSR count). The Bertz CT molecular complexity index is 341. The third-order valence-corrected chi connectivity index (χ3v) is 2.93. The van der Waals surface area contributed by atoms with Crippen LogP contribution in [0.3, 0.4) is 0 Å². The van der Waals surface area contributed by atoms with E-state index in [4.69, 9.17) is 4.74 Å². The van der Waals surface area contributed by atoms with Crippen molar-refractivity contribution < 1.29 is 13.5 Å². The van der Waals surface area contributed by atoms with E-state index in [1.807, 2.05) is 13.8 Å². The van der Waals surface area contributed by atoms with Crippen molar-refractivity contribution in [1.82, 2.24) is 5.32 Å². The highest BCUT2D eigenvalue weighted by molar-refractivity contribution is 5.20. The molecule has 0 heterocycles. The second-order valence-corrected chi connectivity index (χ2v) is 4.76. The average molecular weight is 257 g/mol. The molecule has 0 aromatic heterocycles. The molecule has 0 bridgehead atoms. The predicted molar refractivity (Wildman–Crippen MR) is 68.8 cm³/mol. The molecule has 1 aromatic carbocycles. The number of alkyl halides is 2. The number of hydrogen-bond acceptors (Lipinski definition) is 2. The van der Waals surface area contributed by atoms with Crippen LogP contribution in [-0.4, -0.2) is 26.3 Å². The molecular formula is C14H21F2NO. The minimum atomic E-state index is -2.86. The van der Waals surface area contributed by atoms with Crippen molar-refractivity contribution in [3.8, 4) is 0 Å². The zero-order chi connectivity index (χ0) is 13.6. The molecule has 0 aliphatic rings. The Morgan fingerprint density at radius 1 is 1.22 bits per heavy atom. The molecular weight excluding hydrogens is 236 g/mol. The molecule has 1 N–H and O–H groups in total. The fourth-order valence-corrected chi connectivity index (χ4v) is 1.71. The van der Waals surface area contributed by atoms with Gasteiger partial charge in [0.2, 0.25) is 0 Å². The summed E-state index contributed by atoms with van der Waals surface area (Å²) in [6, 6.07) is 7.81. The van der Waals surface area contributed by atoms with Gasteiger partial charge < -0.3 is 10.1 Å². The van der Waals surface area contributed by atoms with Crippen LogP contribution in [0.1, 0.15) is 19.4 Å². The zero-order valence-corrected chi connectivity index (χ0v) is 11.1. The summed E-state index contributed by atoms with van der Waals surface area (Å²) in [6.07, 6.45) is 0. The summed E-state index contributed by atoms with van der Waals surface area (Å²) in [5, 5.41) is 2.88. The van der Waals surface area contributed by atoms with Crippen LogP contribution in [0.2, 0.25) is 0 Å². The van der Waals surface area contributed by atoms with Crippen LogP contribution in [0.4, 0.5) is 8.78 Å². The number of nitrogens with one attached hydrogen (secondary N) is 1. The van der Waals surface area contributed by atoms with Crippen molar-refractivity contribution in [3.63, 3.8) is 0 Å². The number of rotatable bonds is 7. The standard InChI is InChI=1S/C14H21F2NO/c1-11(2)13(9-18-3)17-10-14(15,16)12-7-5-4-6-8-12/h4-8,11,13,17H,9-10H2,1-3H3. The molecule has 1 aromatic rings. The first-order chi connectivity index (χ1) is 8.47. The van der Waals surface area contributed by atoms with E-state index >= 15 is 0 Å². The summed E-state index contributed by atoms with van der Waals surface area (Å²) in [7, 11) is 1.58. The van der Waals surface area contributed by atoms with Crippen molar-refractivity contribution in [2.45, 2.75) is 25.8 Å². The van der Waals surface area contributed by atoms with E-state index in [1.165, 1.54) is 12.1 Å². The molecule has 4 heteroatoms. The van der Waals surface area contributed by atoms with Gasteiger partial charge in [-0.15, -0.1) is 0 Å². The minimum Gasteiger partial charge on any atom is -0.383 e. The van der Waals surface area contributed by atoms with E-state index in [9.17, 15) is 8.78 Å². The van der Waals surface area contributed by atoms with Crippen molar-refractivity contribution in [2.75, 3.05) is 20.3 Å². The lowest BCUT2D eigenvalue weighted by Gasteiger charge is -2.25. The maximum absolute atomic E-state index is 13.9. The summed E-state index contributed by atoms with van der Waals surface area (Å²) in [6.45, 7) is 4.03. The molecule has 0 radical (unpaired) electrons. The van der Waals surface area contributed by atoms with Crippen LogP contribution < -0.4 is 5.32 Å². The highest BCUT2D eigenvalue weighted by Gasteiger charge is 2.32. The third-order valence-electron chi connectivity index (χ3n) is 2.93. The summed E-state index contributed by atoms with van der Waals surface area (Å²) < 4.78 is 32.9. The van der Waals surface area contributed by atoms with Crippen molar-refractivity contribution in [1.29, 1.82) is 0 Å². The first-order valence-electron chi connectivity index (χ1n) is 6.13. The van der Waals surface area contributed by atoms with Gasteiger partial charge in [-0.1, -0.05) is 44.2 Å². The van der Waals surface area contributed by atoms with Crippen LogP contribution in [0.15, 0.2) is 30.3 Å². The van der Waals surface area contributed by atoms with Crippen molar-refractivity contribution in [3.05, 3.63) is 35.9 Å². The highest BCUT2D eigenvalue weighted by atomic mass is 19.3. The van der Waals surface area contributed by atoms with E-state index in [0.717, 1.165) is 0 Å². The van der Waals surface area contributed by atoms with Gasteiger partial charge in [-0.05, 0) is 5.92 Å². The van der Waals surface area contributed by atoms with Crippen LogP contribution in [0, 0.1) is 5.92 Å². The Balaban J connectivity index is 2.60. The van der Waals surface area contributed by atoms with Gasteiger partial charge in [-0.2, -0.15) is 8.78 Å². The zero-order valence-electron chi connectivity index (χ0n) is 11.1. The second-order valence-electron chi connectivity index (χ2n) is 4.76. The largest absolute Gasteiger partial charge is 0.383 e. The lowest BCUT2D eigenvalue weighted by molar-refractivity contribution is -0.0103. The molecule has 0 aliphatic heterocycles. The first-order valence-corrected chi connectivity index (χ1v) is 6.13. The van der Waals surface area contributed by atoms with Gasteiger partial charge >= 0.3 is 0 Å². The van der Waals surface area contributed by atoms with E-state index in [2.05, 4.69) is 5.32 Å². The van der Waals surface area contributed by atoms with Crippen LogP contribution in [-0.2, 0) is 10.7 Å². The molecule has 0 fully saturated rings. The van der Waals surface area contributed by atoms with Gasteiger partial charge in [0.05, 0.1) is 13.2 Å². The summed E-state index contributed by atoms with van der Waals surface area (Å²) in [5.74, 6) is -2.61. The molecule has 18 heavy (non-hydrogen) atoms. The van der Waals surface area contributed by atoms with Crippen LogP contribution >= 0.6 is 0 Å². The Hall–Kier alpha value is -1.00. The van der Waals surface area contributed by atoms with Crippen molar-refractivity contribution in [2.24, 2.45) is 5.92 Å². The van der Waals surface area contributed by atoms with Gasteiger partial charge in [-0.3, -0.25) is 0 Å². The van der Waals surface area contributed by atoms with E-state index in [0.29, 0.717) is 6.61 Å². The quantitative estimate of drug-likeness (QED) is 0.810. The smallest absolute Gasteiger partial charge is 0.285 e. The SMILES string of the molecule is COCC(NCC(F)(F)c1ccccc1)C(C)C. The first kappa shape index (κ1) is 15.1. The Morgan fingerprint density at radius 3 is 2.33 bits per heavy atom. The number of benzene rings is 1.